The van der Waals surface area contributed by atoms with E-state index in [1.54, 1.807) is 0 Å². The number of amides is 1. The van der Waals surface area contributed by atoms with Crippen LogP contribution in [0.25, 0.3) is 10.9 Å². The molecule has 130 valence electrons. The van der Waals surface area contributed by atoms with E-state index in [9.17, 15) is 4.79 Å². The van der Waals surface area contributed by atoms with E-state index in [1.165, 1.54) is 11.9 Å². The molecule has 1 amide bonds. The quantitative estimate of drug-likeness (QED) is 0.649. The highest BCUT2D eigenvalue weighted by Gasteiger charge is 2.34. The summed E-state index contributed by atoms with van der Waals surface area (Å²) in [7, 11) is 0. The van der Waals surface area contributed by atoms with Crippen LogP contribution in [-0.2, 0) is 16.0 Å². The van der Waals surface area contributed by atoms with Crippen LogP contribution in [0, 0.1) is 0 Å². The molecule has 0 aliphatic carbocycles. The summed E-state index contributed by atoms with van der Waals surface area (Å²) in [6, 6.07) is 19.4. The fourth-order valence-corrected chi connectivity index (χ4v) is 3.17. The average Bonchev–Trinajstić information content (AvgIpc) is 3.06. The number of pyridine rings is 1. The van der Waals surface area contributed by atoms with Crippen molar-refractivity contribution < 1.29 is 9.53 Å². The van der Waals surface area contributed by atoms with Gasteiger partial charge in [0.25, 0.3) is 0 Å². The number of halogens is 1. The molecule has 0 spiro atoms. The number of hydrazone groups is 1. The minimum atomic E-state index is -0.712. The van der Waals surface area contributed by atoms with Gasteiger partial charge in [-0.25, -0.2) is 4.98 Å². The van der Waals surface area contributed by atoms with Gasteiger partial charge in [0.15, 0.2) is 0 Å². The summed E-state index contributed by atoms with van der Waals surface area (Å²) in [6.45, 7) is 1.45. The van der Waals surface area contributed by atoms with E-state index in [1.807, 2.05) is 60.7 Å². The Bertz CT molecular complexity index is 1000. The Labute approximate surface area is 155 Å². The Morgan fingerprint density at radius 2 is 1.88 bits per heavy atom. The number of benzene rings is 2. The van der Waals surface area contributed by atoms with Crippen LogP contribution in [-0.4, -0.2) is 21.8 Å². The summed E-state index contributed by atoms with van der Waals surface area (Å²) in [6.07, 6.45) is -0.212. The van der Waals surface area contributed by atoms with Crippen molar-refractivity contribution >= 4 is 34.3 Å². The summed E-state index contributed by atoms with van der Waals surface area (Å²) >= 11 is 6.38. The third kappa shape index (κ3) is 3.13. The van der Waals surface area contributed by atoms with Gasteiger partial charge in [0.2, 0.25) is 18.0 Å². The van der Waals surface area contributed by atoms with E-state index >= 15 is 0 Å². The van der Waals surface area contributed by atoms with Crippen molar-refractivity contribution in [3.05, 3.63) is 76.9 Å². The maximum absolute atomic E-state index is 12.1. The third-order valence-corrected chi connectivity index (χ3v) is 4.48. The van der Waals surface area contributed by atoms with Crippen molar-refractivity contribution in [1.29, 1.82) is 0 Å². The fraction of sp³-hybridized carbons (Fsp3) is 0.150. The smallest absolute Gasteiger partial charge is 0.243 e. The zero-order chi connectivity index (χ0) is 18.1. The lowest BCUT2D eigenvalue weighted by Gasteiger charge is -2.20. The molecule has 0 radical (unpaired) electrons. The topological polar surface area (TPSA) is 54.8 Å². The van der Waals surface area contributed by atoms with Crippen LogP contribution >= 0.6 is 11.6 Å². The molecule has 26 heavy (non-hydrogen) atoms. The first-order chi connectivity index (χ1) is 12.6. The Balaban J connectivity index is 1.68. The summed E-state index contributed by atoms with van der Waals surface area (Å²) in [5.41, 5.74) is 2.46. The van der Waals surface area contributed by atoms with Gasteiger partial charge in [-0.15, -0.1) is 5.10 Å². The molecule has 0 saturated heterocycles. The molecular formula is C20H16ClN3O2. The van der Waals surface area contributed by atoms with E-state index in [2.05, 4.69) is 10.1 Å². The van der Waals surface area contributed by atoms with Crippen LogP contribution in [0.5, 0.6) is 0 Å². The molecule has 4 rings (SSSR count). The monoisotopic (exact) mass is 365 g/mol. The molecule has 5 nitrogen and oxygen atoms in total. The summed E-state index contributed by atoms with van der Waals surface area (Å²) in [5.74, 6) is 0.253. The number of fused-ring (bicyclic) bond motifs is 1. The Hall–Kier alpha value is -2.92. The van der Waals surface area contributed by atoms with Crippen LogP contribution in [0.3, 0.4) is 0 Å². The number of carbonyl (C=O) groups is 1. The molecule has 1 aromatic heterocycles. The van der Waals surface area contributed by atoms with Crippen molar-refractivity contribution in [3.63, 3.8) is 0 Å². The average molecular weight is 366 g/mol. The molecule has 2 heterocycles. The van der Waals surface area contributed by atoms with Gasteiger partial charge in [-0.05, 0) is 17.7 Å². The van der Waals surface area contributed by atoms with Gasteiger partial charge in [0.1, 0.15) is 5.15 Å². The number of aromatic nitrogens is 1. The molecule has 6 heteroatoms. The first-order valence-electron chi connectivity index (χ1n) is 8.25. The van der Waals surface area contributed by atoms with Crippen molar-refractivity contribution in [1.82, 2.24) is 9.99 Å². The zero-order valence-corrected chi connectivity index (χ0v) is 14.8. The molecule has 3 aromatic rings. The Morgan fingerprint density at radius 1 is 1.15 bits per heavy atom. The number of hydrogen-bond donors (Lipinski definition) is 0. The van der Waals surface area contributed by atoms with E-state index < -0.39 is 6.23 Å². The normalized spacial score (nSPS) is 16.5. The SMILES string of the molecule is CC(=O)N1N=C(Cc2ccccc2)OC1c1cc2ccccc2nc1Cl. The highest BCUT2D eigenvalue weighted by molar-refractivity contribution is 6.30. The third-order valence-electron chi connectivity index (χ3n) is 4.18. The molecule has 1 aliphatic heterocycles. The van der Waals surface area contributed by atoms with Crippen molar-refractivity contribution in [3.8, 4) is 0 Å². The number of para-hydroxylation sites is 1. The number of nitrogens with zero attached hydrogens (tertiary/aromatic N) is 3. The maximum Gasteiger partial charge on any atom is 0.243 e. The van der Waals surface area contributed by atoms with Crippen LogP contribution in [0.2, 0.25) is 5.15 Å². The molecule has 0 fully saturated rings. The molecule has 1 atom stereocenters. The molecular weight excluding hydrogens is 350 g/mol. The standard InChI is InChI=1S/C20H16ClN3O2/c1-13(25)24-20(26-18(23-24)11-14-7-3-2-4-8-14)16-12-15-9-5-6-10-17(15)22-19(16)21/h2-10,12,20H,11H2,1H3. The molecule has 2 aromatic carbocycles. The maximum atomic E-state index is 12.1. The first-order valence-corrected chi connectivity index (χ1v) is 8.62. The lowest BCUT2D eigenvalue weighted by molar-refractivity contribution is -0.135. The van der Waals surface area contributed by atoms with E-state index in [4.69, 9.17) is 16.3 Å². The van der Waals surface area contributed by atoms with Gasteiger partial charge in [0, 0.05) is 12.3 Å². The van der Waals surface area contributed by atoms with Crippen molar-refractivity contribution in [2.45, 2.75) is 19.6 Å². The second kappa shape index (κ2) is 6.77. The minimum absolute atomic E-state index is 0.220. The molecule has 0 bridgehead atoms. The van der Waals surface area contributed by atoms with Gasteiger partial charge in [0.05, 0.1) is 17.5 Å². The summed E-state index contributed by atoms with van der Waals surface area (Å²) in [5, 5.41) is 6.90. The Kier molecular flexibility index (Phi) is 4.31. The van der Waals surface area contributed by atoms with Crippen molar-refractivity contribution in [2.24, 2.45) is 5.10 Å². The summed E-state index contributed by atoms with van der Waals surface area (Å²) in [4.78, 5) is 16.5. The zero-order valence-electron chi connectivity index (χ0n) is 14.1. The van der Waals surface area contributed by atoms with Crippen molar-refractivity contribution in [2.75, 3.05) is 0 Å². The molecule has 1 aliphatic rings. The van der Waals surface area contributed by atoms with Gasteiger partial charge >= 0.3 is 0 Å². The number of carbonyl (C=O) groups excluding carboxylic acids is 1. The van der Waals surface area contributed by atoms with Gasteiger partial charge in [-0.1, -0.05) is 60.1 Å². The Morgan fingerprint density at radius 3 is 2.65 bits per heavy atom. The predicted molar refractivity (Wildman–Crippen MR) is 101 cm³/mol. The fourth-order valence-electron chi connectivity index (χ4n) is 2.94. The van der Waals surface area contributed by atoms with E-state index in [-0.39, 0.29) is 5.91 Å². The van der Waals surface area contributed by atoms with E-state index in [0.29, 0.717) is 23.0 Å². The number of ether oxygens (including phenoxy) is 1. The highest BCUT2D eigenvalue weighted by atomic mass is 35.5. The molecule has 0 saturated carbocycles. The van der Waals surface area contributed by atoms with E-state index in [0.717, 1.165) is 16.5 Å². The molecule has 1 unspecified atom stereocenters. The number of rotatable bonds is 3. The number of hydrogen-bond acceptors (Lipinski definition) is 4. The predicted octanol–water partition coefficient (Wildman–Crippen LogP) is 4.32. The molecule has 0 N–H and O–H groups in total. The second-order valence-corrected chi connectivity index (χ2v) is 6.41. The first kappa shape index (κ1) is 16.5. The van der Waals surface area contributed by atoms with Gasteiger partial charge < -0.3 is 4.74 Å². The lowest BCUT2D eigenvalue weighted by atomic mass is 10.1. The van der Waals surface area contributed by atoms with Gasteiger partial charge in [-0.3, -0.25) is 4.79 Å². The highest BCUT2D eigenvalue weighted by Crippen LogP contribution is 2.34. The van der Waals surface area contributed by atoms with Gasteiger partial charge in [-0.2, -0.15) is 5.01 Å². The minimum Gasteiger partial charge on any atom is -0.449 e. The van der Waals surface area contributed by atoms with Crippen LogP contribution in [0.1, 0.15) is 24.3 Å². The van der Waals surface area contributed by atoms with Crippen LogP contribution < -0.4 is 0 Å². The summed E-state index contributed by atoms with van der Waals surface area (Å²) < 4.78 is 5.99. The van der Waals surface area contributed by atoms with Crippen LogP contribution in [0.4, 0.5) is 0 Å². The lowest BCUT2D eigenvalue weighted by Crippen LogP contribution is -2.25. The van der Waals surface area contributed by atoms with Crippen LogP contribution in [0.15, 0.2) is 65.8 Å². The second-order valence-electron chi connectivity index (χ2n) is 6.05. The largest absolute Gasteiger partial charge is 0.449 e.